The zero-order chi connectivity index (χ0) is 19.1. The zero-order valence-corrected chi connectivity index (χ0v) is 16.6. The number of aryl methyl sites for hydroxylation is 3. The van der Waals surface area contributed by atoms with Gasteiger partial charge in [0.05, 0.1) is 6.54 Å². The SMILES string of the molecule is Cc1cccc(NCc2nn3cc(-c4ccccc4)c4c3n2CCCC4)c1C. The summed E-state index contributed by atoms with van der Waals surface area (Å²) in [5.74, 6) is 1.11. The van der Waals surface area contributed by atoms with Crippen LogP contribution in [0.1, 0.15) is 35.4 Å². The van der Waals surface area contributed by atoms with Gasteiger partial charge in [-0.15, -0.1) is 0 Å². The summed E-state index contributed by atoms with van der Waals surface area (Å²) in [5, 5.41) is 8.57. The molecule has 142 valence electrons. The summed E-state index contributed by atoms with van der Waals surface area (Å²) in [6.07, 6.45) is 5.76. The topological polar surface area (TPSA) is 34.3 Å². The van der Waals surface area contributed by atoms with Crippen LogP contribution in [0.2, 0.25) is 0 Å². The summed E-state index contributed by atoms with van der Waals surface area (Å²) in [4.78, 5) is 0. The van der Waals surface area contributed by atoms with Gasteiger partial charge in [0, 0.05) is 29.6 Å². The molecule has 0 aliphatic carbocycles. The lowest BCUT2D eigenvalue weighted by atomic mass is 10.0. The molecule has 1 N–H and O–H groups in total. The van der Waals surface area contributed by atoms with Gasteiger partial charge in [-0.05, 0) is 55.9 Å². The normalized spacial score (nSPS) is 13.6. The van der Waals surface area contributed by atoms with Gasteiger partial charge < -0.3 is 9.88 Å². The standard InChI is InChI=1S/C24H26N4/c1-17-9-8-13-22(18(17)2)25-15-23-26-28-16-21(19-10-4-3-5-11-19)20-12-6-7-14-27(23)24(20)28/h3-5,8-11,13,16,25H,6-7,12,14-15H2,1-2H3. The van der Waals surface area contributed by atoms with E-state index in [4.69, 9.17) is 5.10 Å². The van der Waals surface area contributed by atoms with Gasteiger partial charge in [0.1, 0.15) is 5.65 Å². The van der Waals surface area contributed by atoms with Crippen molar-refractivity contribution in [3.05, 3.63) is 77.2 Å². The molecule has 1 aliphatic rings. The molecule has 0 saturated carbocycles. The highest BCUT2D eigenvalue weighted by Crippen LogP contribution is 2.33. The number of nitrogens with one attached hydrogen (secondary N) is 1. The molecule has 1 aliphatic heterocycles. The number of nitrogens with zero attached hydrogens (tertiary/aromatic N) is 3. The van der Waals surface area contributed by atoms with Gasteiger partial charge in [0.15, 0.2) is 5.82 Å². The molecule has 0 amide bonds. The summed E-state index contributed by atoms with van der Waals surface area (Å²) in [5.41, 5.74) is 9.14. The molecule has 0 unspecified atom stereocenters. The summed E-state index contributed by atoms with van der Waals surface area (Å²) in [7, 11) is 0. The molecule has 3 heterocycles. The van der Waals surface area contributed by atoms with Crippen LogP contribution in [0.15, 0.2) is 54.7 Å². The summed E-state index contributed by atoms with van der Waals surface area (Å²) in [6.45, 7) is 6.12. The first kappa shape index (κ1) is 17.1. The van der Waals surface area contributed by atoms with Gasteiger partial charge >= 0.3 is 0 Å². The third kappa shape index (κ3) is 2.80. The Balaban J connectivity index is 1.53. The molecule has 2 aromatic carbocycles. The van der Waals surface area contributed by atoms with Crippen molar-refractivity contribution in [2.45, 2.75) is 46.2 Å². The first-order chi connectivity index (χ1) is 13.7. The van der Waals surface area contributed by atoms with Crippen LogP contribution >= 0.6 is 0 Å². The Hall–Kier alpha value is -3.01. The number of benzene rings is 2. The van der Waals surface area contributed by atoms with Crippen LogP contribution in [0.4, 0.5) is 5.69 Å². The van der Waals surface area contributed by atoms with Crippen molar-refractivity contribution in [1.82, 2.24) is 14.2 Å². The van der Waals surface area contributed by atoms with E-state index in [0.717, 1.165) is 25.3 Å². The van der Waals surface area contributed by atoms with E-state index in [-0.39, 0.29) is 0 Å². The number of hydrogen-bond donors (Lipinski definition) is 1. The first-order valence-electron chi connectivity index (χ1n) is 10.2. The van der Waals surface area contributed by atoms with E-state index in [1.165, 1.54) is 52.0 Å². The van der Waals surface area contributed by atoms with Gasteiger partial charge in [-0.3, -0.25) is 0 Å². The summed E-state index contributed by atoms with van der Waals surface area (Å²) >= 11 is 0. The van der Waals surface area contributed by atoms with Crippen molar-refractivity contribution in [2.24, 2.45) is 0 Å². The maximum absolute atomic E-state index is 4.96. The first-order valence-corrected chi connectivity index (χ1v) is 10.2. The van der Waals surface area contributed by atoms with E-state index < -0.39 is 0 Å². The van der Waals surface area contributed by atoms with Crippen molar-refractivity contribution in [1.29, 1.82) is 0 Å². The highest BCUT2D eigenvalue weighted by Gasteiger charge is 2.22. The molecule has 0 fully saturated rings. The number of hydrogen-bond acceptors (Lipinski definition) is 2. The fourth-order valence-corrected chi connectivity index (χ4v) is 4.35. The third-order valence-electron chi connectivity index (χ3n) is 6.04. The molecule has 4 heteroatoms. The third-order valence-corrected chi connectivity index (χ3v) is 6.04. The van der Waals surface area contributed by atoms with E-state index in [2.05, 4.69) is 83.0 Å². The number of anilines is 1. The Labute approximate surface area is 165 Å². The fourth-order valence-electron chi connectivity index (χ4n) is 4.35. The maximum atomic E-state index is 4.96. The Morgan fingerprint density at radius 1 is 1.00 bits per heavy atom. The van der Waals surface area contributed by atoms with Crippen LogP contribution in [-0.2, 0) is 19.5 Å². The molecule has 0 saturated heterocycles. The Morgan fingerprint density at radius 3 is 2.71 bits per heavy atom. The van der Waals surface area contributed by atoms with Crippen molar-refractivity contribution in [3.8, 4) is 11.1 Å². The fraction of sp³-hybridized carbons (Fsp3) is 0.292. The van der Waals surface area contributed by atoms with Crippen LogP contribution in [0.5, 0.6) is 0 Å². The van der Waals surface area contributed by atoms with E-state index in [9.17, 15) is 0 Å². The maximum Gasteiger partial charge on any atom is 0.150 e. The average Bonchev–Trinajstić information content (AvgIpc) is 3.13. The van der Waals surface area contributed by atoms with E-state index in [1.807, 2.05) is 0 Å². The minimum absolute atomic E-state index is 0.742. The second-order valence-corrected chi connectivity index (χ2v) is 7.78. The van der Waals surface area contributed by atoms with Gasteiger partial charge in [0.25, 0.3) is 0 Å². The molecule has 0 radical (unpaired) electrons. The highest BCUT2D eigenvalue weighted by molar-refractivity contribution is 5.75. The lowest BCUT2D eigenvalue weighted by Crippen LogP contribution is -2.09. The van der Waals surface area contributed by atoms with Crippen LogP contribution in [0.25, 0.3) is 16.8 Å². The predicted molar refractivity (Wildman–Crippen MR) is 115 cm³/mol. The molecule has 4 nitrogen and oxygen atoms in total. The van der Waals surface area contributed by atoms with E-state index >= 15 is 0 Å². The molecule has 28 heavy (non-hydrogen) atoms. The zero-order valence-electron chi connectivity index (χ0n) is 16.6. The lowest BCUT2D eigenvalue weighted by Gasteiger charge is -2.12. The van der Waals surface area contributed by atoms with E-state index in [1.54, 1.807) is 0 Å². The summed E-state index contributed by atoms with van der Waals surface area (Å²) in [6, 6.07) is 17.1. The number of rotatable bonds is 4. The molecule has 0 atom stereocenters. The van der Waals surface area contributed by atoms with Crippen LogP contribution in [0, 0.1) is 13.8 Å². The minimum Gasteiger partial charge on any atom is -0.378 e. The monoisotopic (exact) mass is 370 g/mol. The van der Waals surface area contributed by atoms with Crippen LogP contribution in [-0.4, -0.2) is 14.2 Å². The van der Waals surface area contributed by atoms with Crippen LogP contribution in [0.3, 0.4) is 0 Å². The molecule has 2 aromatic heterocycles. The van der Waals surface area contributed by atoms with Gasteiger partial charge in [-0.25, -0.2) is 4.52 Å². The predicted octanol–water partition coefficient (Wildman–Crippen LogP) is 5.37. The Kier molecular flexibility index (Phi) is 4.19. The molecule has 5 rings (SSSR count). The van der Waals surface area contributed by atoms with Gasteiger partial charge in [-0.1, -0.05) is 42.5 Å². The van der Waals surface area contributed by atoms with Crippen LogP contribution < -0.4 is 5.32 Å². The van der Waals surface area contributed by atoms with Crippen molar-refractivity contribution >= 4 is 11.3 Å². The molecular weight excluding hydrogens is 344 g/mol. The quantitative estimate of drug-likeness (QED) is 0.524. The molecular formula is C24H26N4. The highest BCUT2D eigenvalue weighted by atomic mass is 15.4. The second kappa shape index (κ2) is 6.86. The van der Waals surface area contributed by atoms with Crippen molar-refractivity contribution < 1.29 is 0 Å². The van der Waals surface area contributed by atoms with Gasteiger partial charge in [0.2, 0.25) is 0 Å². The van der Waals surface area contributed by atoms with Crippen molar-refractivity contribution in [3.63, 3.8) is 0 Å². The Morgan fingerprint density at radius 2 is 1.86 bits per heavy atom. The molecule has 0 bridgehead atoms. The lowest BCUT2D eigenvalue weighted by molar-refractivity contribution is 0.619. The van der Waals surface area contributed by atoms with E-state index in [0.29, 0.717) is 0 Å². The second-order valence-electron chi connectivity index (χ2n) is 7.78. The largest absolute Gasteiger partial charge is 0.378 e. The van der Waals surface area contributed by atoms with Gasteiger partial charge in [-0.2, -0.15) is 5.10 Å². The molecule has 4 aromatic rings. The minimum atomic E-state index is 0.742. The smallest absolute Gasteiger partial charge is 0.150 e. The van der Waals surface area contributed by atoms with Crippen molar-refractivity contribution in [2.75, 3.05) is 5.32 Å². The summed E-state index contributed by atoms with van der Waals surface area (Å²) < 4.78 is 4.52. The average molecular weight is 371 g/mol. The number of aromatic nitrogens is 3. The molecule has 0 spiro atoms. The Bertz CT molecular complexity index is 1130.